The van der Waals surface area contributed by atoms with Crippen LogP contribution >= 0.6 is 15.9 Å². The summed E-state index contributed by atoms with van der Waals surface area (Å²) in [5.74, 6) is 0. The monoisotopic (exact) mass is 385 g/mol. The molecule has 23 heavy (non-hydrogen) atoms. The van der Waals surface area contributed by atoms with Crippen LogP contribution in [0.2, 0.25) is 0 Å². The third-order valence-electron chi connectivity index (χ3n) is 3.96. The summed E-state index contributed by atoms with van der Waals surface area (Å²) in [6, 6.07) is 5.28. The van der Waals surface area contributed by atoms with Crippen molar-refractivity contribution in [2.75, 3.05) is 31.6 Å². The van der Waals surface area contributed by atoms with E-state index < -0.39 is 0 Å². The van der Waals surface area contributed by atoms with Crippen molar-refractivity contribution < 1.29 is 9.66 Å². The largest absolute Gasteiger partial charge is 0.377 e. The van der Waals surface area contributed by atoms with Gasteiger partial charge in [-0.25, -0.2) is 0 Å². The van der Waals surface area contributed by atoms with Gasteiger partial charge in [-0.1, -0.05) is 15.9 Å². The van der Waals surface area contributed by atoms with Gasteiger partial charge in [0, 0.05) is 36.2 Å². The molecule has 0 saturated carbocycles. The van der Waals surface area contributed by atoms with Gasteiger partial charge in [0.2, 0.25) is 0 Å². The Morgan fingerprint density at radius 1 is 1.43 bits per heavy atom. The maximum absolute atomic E-state index is 11.1. The first-order valence-corrected chi connectivity index (χ1v) is 8.79. The van der Waals surface area contributed by atoms with Gasteiger partial charge in [0.1, 0.15) is 5.69 Å². The van der Waals surface area contributed by atoms with E-state index in [0.29, 0.717) is 5.69 Å². The lowest BCUT2D eigenvalue weighted by Crippen LogP contribution is -2.40. The molecular formula is C16H24BrN3O3. The van der Waals surface area contributed by atoms with Crippen LogP contribution in [-0.2, 0) is 4.74 Å². The highest BCUT2D eigenvalue weighted by Gasteiger charge is 2.22. The van der Waals surface area contributed by atoms with Gasteiger partial charge in [-0.2, -0.15) is 0 Å². The van der Waals surface area contributed by atoms with Crippen LogP contribution in [0.25, 0.3) is 0 Å². The lowest BCUT2D eigenvalue weighted by Gasteiger charge is -2.32. The molecule has 0 aromatic heterocycles. The molecule has 2 rings (SSSR count). The second-order valence-electron chi connectivity index (χ2n) is 6.10. The summed E-state index contributed by atoms with van der Waals surface area (Å²) in [6.07, 6.45) is 2.22. The molecule has 0 radical (unpaired) electrons. The van der Waals surface area contributed by atoms with E-state index in [0.717, 1.165) is 43.6 Å². The Kier molecular flexibility index (Phi) is 6.80. The molecule has 1 aromatic carbocycles. The summed E-state index contributed by atoms with van der Waals surface area (Å²) in [7, 11) is 0. The molecule has 0 atom stereocenters. The maximum Gasteiger partial charge on any atom is 0.292 e. The molecule has 0 aliphatic carbocycles. The quantitative estimate of drug-likeness (QED) is 0.572. The minimum absolute atomic E-state index is 0.126. The predicted octanol–water partition coefficient (Wildman–Crippen LogP) is 3.66. The van der Waals surface area contributed by atoms with Crippen LogP contribution in [0.1, 0.15) is 26.7 Å². The average molecular weight is 386 g/mol. The number of anilines is 1. The fourth-order valence-electron chi connectivity index (χ4n) is 2.72. The molecule has 0 spiro atoms. The number of ether oxygens (including phenoxy) is 1. The van der Waals surface area contributed by atoms with Crippen LogP contribution in [0.5, 0.6) is 0 Å². The first-order chi connectivity index (χ1) is 11.0. The minimum atomic E-state index is -0.340. The molecule has 0 bridgehead atoms. The number of hydrogen-bond acceptors (Lipinski definition) is 5. The molecule has 1 aliphatic heterocycles. The molecule has 1 fully saturated rings. The molecule has 0 amide bonds. The van der Waals surface area contributed by atoms with Gasteiger partial charge in [-0.05, 0) is 38.8 Å². The van der Waals surface area contributed by atoms with Crippen LogP contribution in [-0.4, -0.2) is 48.2 Å². The zero-order valence-corrected chi connectivity index (χ0v) is 15.2. The molecule has 0 unspecified atom stereocenters. The van der Waals surface area contributed by atoms with Gasteiger partial charge in [-0.15, -0.1) is 0 Å². The summed E-state index contributed by atoms with van der Waals surface area (Å²) in [5, 5.41) is 14.5. The Morgan fingerprint density at radius 3 is 2.74 bits per heavy atom. The third-order valence-corrected chi connectivity index (χ3v) is 4.45. The van der Waals surface area contributed by atoms with Crippen molar-refractivity contribution in [2.45, 2.75) is 38.8 Å². The summed E-state index contributed by atoms with van der Waals surface area (Å²) < 4.78 is 6.43. The second-order valence-corrected chi connectivity index (χ2v) is 7.01. The normalized spacial score (nSPS) is 16.7. The van der Waals surface area contributed by atoms with Gasteiger partial charge in [0.25, 0.3) is 5.69 Å². The van der Waals surface area contributed by atoms with E-state index in [4.69, 9.17) is 4.74 Å². The highest BCUT2D eigenvalue weighted by molar-refractivity contribution is 9.10. The van der Waals surface area contributed by atoms with Crippen molar-refractivity contribution in [3.8, 4) is 0 Å². The number of nitrogens with one attached hydrogen (secondary N) is 1. The van der Waals surface area contributed by atoms with E-state index in [1.807, 2.05) is 13.8 Å². The van der Waals surface area contributed by atoms with Crippen molar-refractivity contribution in [1.82, 2.24) is 4.90 Å². The van der Waals surface area contributed by atoms with Crippen molar-refractivity contribution in [2.24, 2.45) is 0 Å². The highest BCUT2D eigenvalue weighted by Crippen LogP contribution is 2.29. The zero-order chi connectivity index (χ0) is 16.8. The summed E-state index contributed by atoms with van der Waals surface area (Å²) in [6.45, 7) is 7.76. The van der Waals surface area contributed by atoms with Gasteiger partial charge in [0.05, 0.1) is 17.6 Å². The SMILES string of the molecule is CC(C)OCCN1CCC(Nc2cc(Br)ccc2[N+](=O)[O-])CC1. The van der Waals surface area contributed by atoms with Gasteiger partial charge >= 0.3 is 0 Å². The molecule has 1 aliphatic rings. The molecule has 7 heteroatoms. The number of rotatable bonds is 7. The van der Waals surface area contributed by atoms with E-state index in [1.165, 1.54) is 6.07 Å². The molecule has 128 valence electrons. The number of likely N-dealkylation sites (tertiary alicyclic amines) is 1. The standard InChI is InChI=1S/C16H24BrN3O3/c1-12(2)23-10-9-19-7-5-14(6-8-19)18-15-11-13(17)3-4-16(15)20(21)22/h3-4,11-12,14,18H,5-10H2,1-2H3. The number of nitrogens with zero attached hydrogens (tertiary/aromatic N) is 2. The lowest BCUT2D eigenvalue weighted by atomic mass is 10.0. The fourth-order valence-corrected chi connectivity index (χ4v) is 3.08. The third kappa shape index (κ3) is 5.75. The van der Waals surface area contributed by atoms with Gasteiger partial charge in [-0.3, -0.25) is 10.1 Å². The molecular weight excluding hydrogens is 362 g/mol. The lowest BCUT2D eigenvalue weighted by molar-refractivity contribution is -0.384. The van der Waals surface area contributed by atoms with E-state index in [-0.39, 0.29) is 22.8 Å². The van der Waals surface area contributed by atoms with E-state index >= 15 is 0 Å². The molecule has 1 aromatic rings. The van der Waals surface area contributed by atoms with E-state index in [1.54, 1.807) is 12.1 Å². The first kappa shape index (κ1) is 18.2. The predicted molar refractivity (Wildman–Crippen MR) is 95.0 cm³/mol. The van der Waals surface area contributed by atoms with Crippen LogP contribution in [0.15, 0.2) is 22.7 Å². The minimum Gasteiger partial charge on any atom is -0.377 e. The Morgan fingerprint density at radius 2 is 2.13 bits per heavy atom. The number of piperidine rings is 1. The van der Waals surface area contributed by atoms with Crippen molar-refractivity contribution in [3.63, 3.8) is 0 Å². The Hall–Kier alpha value is -1.18. The Bertz CT molecular complexity index is 531. The fraction of sp³-hybridized carbons (Fsp3) is 0.625. The number of hydrogen-bond donors (Lipinski definition) is 1. The van der Waals surface area contributed by atoms with Gasteiger partial charge < -0.3 is 15.0 Å². The number of benzene rings is 1. The van der Waals surface area contributed by atoms with E-state index in [2.05, 4.69) is 26.1 Å². The van der Waals surface area contributed by atoms with Crippen molar-refractivity contribution >= 4 is 27.3 Å². The zero-order valence-electron chi connectivity index (χ0n) is 13.6. The van der Waals surface area contributed by atoms with Crippen molar-refractivity contribution in [1.29, 1.82) is 0 Å². The van der Waals surface area contributed by atoms with Crippen LogP contribution in [0.3, 0.4) is 0 Å². The topological polar surface area (TPSA) is 67.6 Å². The maximum atomic E-state index is 11.1. The average Bonchev–Trinajstić information content (AvgIpc) is 2.48. The second kappa shape index (κ2) is 8.61. The van der Waals surface area contributed by atoms with Crippen LogP contribution in [0.4, 0.5) is 11.4 Å². The number of nitro groups is 1. The summed E-state index contributed by atoms with van der Waals surface area (Å²) >= 11 is 3.38. The van der Waals surface area contributed by atoms with Gasteiger partial charge in [0.15, 0.2) is 0 Å². The molecule has 1 heterocycles. The van der Waals surface area contributed by atoms with Crippen molar-refractivity contribution in [3.05, 3.63) is 32.8 Å². The Balaban J connectivity index is 1.85. The molecule has 1 N–H and O–H groups in total. The van der Waals surface area contributed by atoms with Crippen LogP contribution < -0.4 is 5.32 Å². The van der Waals surface area contributed by atoms with E-state index in [9.17, 15) is 10.1 Å². The summed E-state index contributed by atoms with van der Waals surface area (Å²) in [5.41, 5.74) is 0.715. The number of nitro benzene ring substituents is 1. The smallest absolute Gasteiger partial charge is 0.292 e. The molecule has 1 saturated heterocycles. The highest BCUT2D eigenvalue weighted by atomic mass is 79.9. The first-order valence-electron chi connectivity index (χ1n) is 8.00. The molecule has 6 nitrogen and oxygen atoms in total. The number of halogens is 1. The Labute approximate surface area is 145 Å². The van der Waals surface area contributed by atoms with Crippen LogP contribution in [0, 0.1) is 10.1 Å². The summed E-state index contributed by atoms with van der Waals surface area (Å²) in [4.78, 5) is 13.2.